The first-order valence-corrected chi connectivity index (χ1v) is 14.9. The Kier molecular flexibility index (Phi) is 7.59. The van der Waals surface area contributed by atoms with Crippen LogP contribution in [0.4, 0.5) is 5.13 Å². The van der Waals surface area contributed by atoms with E-state index in [1.807, 2.05) is 6.92 Å². The predicted octanol–water partition coefficient (Wildman–Crippen LogP) is 4.93. The van der Waals surface area contributed by atoms with Crippen LogP contribution < -0.4 is 4.72 Å². The van der Waals surface area contributed by atoms with E-state index in [0.29, 0.717) is 16.7 Å². The van der Waals surface area contributed by atoms with Gasteiger partial charge in [0.1, 0.15) is 0 Å². The average Bonchev–Trinajstić information content (AvgIpc) is 3.19. The quantitative estimate of drug-likeness (QED) is 0.475. The number of nitrogens with zero attached hydrogens (tertiary/aromatic N) is 2. The molecule has 7 nitrogen and oxygen atoms in total. The summed E-state index contributed by atoms with van der Waals surface area (Å²) in [5, 5.41) is 12.4. The summed E-state index contributed by atoms with van der Waals surface area (Å²) in [6.07, 6.45) is 3.42. The lowest BCUT2D eigenvalue weighted by Gasteiger charge is -2.53. The number of aromatic nitrogens is 1. The van der Waals surface area contributed by atoms with Gasteiger partial charge < -0.3 is 10.0 Å². The number of nitrogens with one attached hydrogen (secondary N) is 1. The van der Waals surface area contributed by atoms with Crippen molar-refractivity contribution in [3.8, 4) is 0 Å². The van der Waals surface area contributed by atoms with Crippen molar-refractivity contribution in [2.45, 2.75) is 57.0 Å². The lowest BCUT2D eigenvalue weighted by atomic mass is 9.53. The van der Waals surface area contributed by atoms with Crippen molar-refractivity contribution in [1.82, 2.24) is 9.88 Å². The van der Waals surface area contributed by atoms with E-state index in [1.54, 1.807) is 18.0 Å². The normalized spacial score (nSPS) is 28.5. The lowest BCUT2D eigenvalue weighted by molar-refractivity contribution is -0.143. The van der Waals surface area contributed by atoms with Gasteiger partial charge in [-0.05, 0) is 60.8 Å². The van der Waals surface area contributed by atoms with E-state index >= 15 is 0 Å². The van der Waals surface area contributed by atoms with Crippen LogP contribution in [0.25, 0.3) is 0 Å². The SMILES string of the molecule is C=CCN(C)C(=O)[C@@H](C)C1CC[C@@]2(C)Cc3sc(NS(=O)(=O)c4ccc(Cl)cc4)nc3[C@@H](C)[C@@H]2[C@H]1O. The zero-order chi connectivity index (χ0) is 26.4. The van der Waals surface area contributed by atoms with Crippen molar-refractivity contribution in [3.63, 3.8) is 0 Å². The summed E-state index contributed by atoms with van der Waals surface area (Å²) in [6.45, 7) is 10.3. The third kappa shape index (κ3) is 4.95. The molecule has 0 saturated heterocycles. The van der Waals surface area contributed by atoms with Gasteiger partial charge in [-0.3, -0.25) is 9.52 Å². The highest BCUT2D eigenvalue weighted by Crippen LogP contribution is 2.57. The van der Waals surface area contributed by atoms with Gasteiger partial charge in [0.25, 0.3) is 10.0 Å². The summed E-state index contributed by atoms with van der Waals surface area (Å²) in [4.78, 5) is 20.5. The molecule has 1 fully saturated rings. The first-order chi connectivity index (χ1) is 16.9. The summed E-state index contributed by atoms with van der Waals surface area (Å²) in [5.41, 5.74) is 0.676. The van der Waals surface area contributed by atoms with Crippen LogP contribution in [0.2, 0.25) is 5.02 Å². The standard InChI is InChI=1S/C26H34ClN3O4S2/c1-6-13-30(5)24(32)15(2)19-11-12-26(4)14-20-22(16(3)21(26)23(19)31)28-25(35-20)29-36(33,34)18-9-7-17(27)8-10-18/h6-10,15-16,19,21,23,31H,1,11-14H2,2-5H3,(H,28,29)/t15-,16-,19?,21+,23-,26-/m0/s1. The number of carbonyl (C=O) groups is 1. The van der Waals surface area contributed by atoms with Gasteiger partial charge in [0.2, 0.25) is 5.91 Å². The minimum absolute atomic E-state index is 0.0132. The van der Waals surface area contributed by atoms with E-state index in [9.17, 15) is 18.3 Å². The van der Waals surface area contributed by atoms with Crippen molar-refractivity contribution in [1.29, 1.82) is 0 Å². The molecule has 0 aliphatic heterocycles. The van der Waals surface area contributed by atoms with Gasteiger partial charge in [-0.1, -0.05) is 38.4 Å². The van der Waals surface area contributed by atoms with Crippen LogP contribution in [0.15, 0.2) is 41.8 Å². The monoisotopic (exact) mass is 551 g/mol. The van der Waals surface area contributed by atoms with Crippen molar-refractivity contribution >= 4 is 44.0 Å². The van der Waals surface area contributed by atoms with E-state index in [1.165, 1.54) is 35.6 Å². The van der Waals surface area contributed by atoms with Gasteiger partial charge in [0, 0.05) is 35.3 Å². The number of carbonyl (C=O) groups excluding carboxylic acids is 1. The second kappa shape index (κ2) is 10.1. The molecule has 10 heteroatoms. The van der Waals surface area contributed by atoms with Crippen molar-refractivity contribution in [3.05, 3.63) is 52.5 Å². The lowest BCUT2D eigenvalue weighted by Crippen LogP contribution is -2.53. The van der Waals surface area contributed by atoms with Gasteiger partial charge in [0.05, 0.1) is 16.7 Å². The minimum atomic E-state index is -3.80. The Bertz CT molecular complexity index is 1250. The summed E-state index contributed by atoms with van der Waals surface area (Å²) in [7, 11) is -2.04. The molecule has 0 spiro atoms. The number of anilines is 1. The number of fused-ring (bicyclic) bond motifs is 2. The Morgan fingerprint density at radius 2 is 2.08 bits per heavy atom. The Morgan fingerprint density at radius 3 is 2.72 bits per heavy atom. The van der Waals surface area contributed by atoms with Gasteiger partial charge in [0.15, 0.2) is 5.13 Å². The second-order valence-electron chi connectivity index (χ2n) is 10.5. The van der Waals surface area contributed by atoms with Crippen molar-refractivity contribution in [2.24, 2.45) is 23.2 Å². The van der Waals surface area contributed by atoms with Crippen LogP contribution in [-0.4, -0.2) is 49.0 Å². The molecule has 1 saturated carbocycles. The van der Waals surface area contributed by atoms with E-state index in [-0.39, 0.29) is 39.9 Å². The largest absolute Gasteiger partial charge is 0.392 e. The maximum Gasteiger partial charge on any atom is 0.263 e. The molecule has 1 aromatic carbocycles. The van der Waals surface area contributed by atoms with Crippen molar-refractivity contribution < 1.29 is 18.3 Å². The topological polar surface area (TPSA) is 99.6 Å². The molecule has 1 unspecified atom stereocenters. The van der Waals surface area contributed by atoms with Crippen LogP contribution in [0.5, 0.6) is 0 Å². The van der Waals surface area contributed by atoms with Crippen LogP contribution in [0, 0.1) is 23.2 Å². The number of likely N-dealkylation sites (N-methyl/N-ethyl adjacent to an activating group) is 1. The third-order valence-corrected chi connectivity index (χ3v) is 10.8. The fourth-order valence-electron chi connectivity index (χ4n) is 6.19. The predicted molar refractivity (Wildman–Crippen MR) is 144 cm³/mol. The minimum Gasteiger partial charge on any atom is -0.392 e. The fourth-order valence-corrected chi connectivity index (χ4v) is 8.82. The first-order valence-electron chi connectivity index (χ1n) is 12.2. The highest BCUT2D eigenvalue weighted by atomic mass is 35.5. The van der Waals surface area contributed by atoms with E-state index < -0.39 is 16.1 Å². The molecule has 196 valence electrons. The number of hydrogen-bond donors (Lipinski definition) is 2. The first kappa shape index (κ1) is 27.1. The number of sulfonamides is 1. The molecule has 2 aromatic rings. The maximum absolute atomic E-state index is 13.0. The molecular weight excluding hydrogens is 518 g/mol. The zero-order valence-corrected chi connectivity index (χ0v) is 23.5. The summed E-state index contributed by atoms with van der Waals surface area (Å²) in [5.74, 6) is -0.589. The molecule has 0 radical (unpaired) electrons. The highest BCUT2D eigenvalue weighted by molar-refractivity contribution is 7.93. The van der Waals surface area contributed by atoms with E-state index in [0.717, 1.165) is 29.8 Å². The number of hydrogen-bond acceptors (Lipinski definition) is 6. The second-order valence-corrected chi connectivity index (χ2v) is 13.7. The summed E-state index contributed by atoms with van der Waals surface area (Å²) >= 11 is 7.26. The maximum atomic E-state index is 13.0. The molecule has 1 amide bonds. The fraction of sp³-hybridized carbons (Fsp3) is 0.538. The average molecular weight is 552 g/mol. The molecule has 2 N–H and O–H groups in total. The number of thiazole rings is 1. The smallest absolute Gasteiger partial charge is 0.263 e. The Labute approximate surface area is 222 Å². The molecule has 2 aliphatic rings. The molecular formula is C26H34ClN3O4S2. The molecule has 4 rings (SSSR count). The summed E-state index contributed by atoms with van der Waals surface area (Å²) in [6, 6.07) is 5.99. The molecule has 36 heavy (non-hydrogen) atoms. The molecule has 2 aliphatic carbocycles. The molecule has 1 heterocycles. The number of rotatable bonds is 7. The van der Waals surface area contributed by atoms with Crippen LogP contribution in [0.1, 0.15) is 50.1 Å². The number of aliphatic hydroxyl groups excluding tert-OH is 1. The van der Waals surface area contributed by atoms with Crippen LogP contribution >= 0.6 is 22.9 Å². The van der Waals surface area contributed by atoms with Gasteiger partial charge in [-0.15, -0.1) is 17.9 Å². The van der Waals surface area contributed by atoms with E-state index in [4.69, 9.17) is 11.6 Å². The Balaban J connectivity index is 1.57. The van der Waals surface area contributed by atoms with E-state index in [2.05, 4.69) is 30.1 Å². The highest BCUT2D eigenvalue weighted by Gasteiger charge is 2.54. The number of benzene rings is 1. The summed E-state index contributed by atoms with van der Waals surface area (Å²) < 4.78 is 28.4. The zero-order valence-electron chi connectivity index (χ0n) is 21.1. The third-order valence-electron chi connectivity index (χ3n) is 8.08. The molecule has 0 bridgehead atoms. The molecule has 6 atom stereocenters. The number of aliphatic hydroxyl groups is 1. The van der Waals surface area contributed by atoms with Gasteiger partial charge in [-0.2, -0.15) is 0 Å². The van der Waals surface area contributed by atoms with Crippen LogP contribution in [-0.2, 0) is 21.2 Å². The Hall–Kier alpha value is -1.94. The van der Waals surface area contributed by atoms with Gasteiger partial charge >= 0.3 is 0 Å². The Morgan fingerprint density at radius 1 is 1.42 bits per heavy atom. The van der Waals surface area contributed by atoms with Crippen LogP contribution in [0.3, 0.4) is 0 Å². The molecule has 1 aromatic heterocycles. The number of halogens is 1. The number of amides is 1. The van der Waals surface area contributed by atoms with Gasteiger partial charge in [-0.25, -0.2) is 13.4 Å². The van der Waals surface area contributed by atoms with Crippen molar-refractivity contribution in [2.75, 3.05) is 18.3 Å².